The Hall–Kier alpha value is -2.11. The third kappa shape index (κ3) is 3.23. The predicted octanol–water partition coefficient (Wildman–Crippen LogP) is 0.548. The lowest BCUT2D eigenvalue weighted by Gasteiger charge is -2.00. The largest absolute Gasteiger partial charge is 0.478 e. The zero-order valence-electron chi connectivity index (χ0n) is 8.98. The van der Waals surface area contributed by atoms with Gasteiger partial charge in [0.1, 0.15) is 5.76 Å². The molecule has 1 aromatic heterocycles. The fraction of sp³-hybridized carbons (Fsp3) is 0.300. The quantitative estimate of drug-likeness (QED) is 0.728. The number of aliphatic carboxylic acids is 1. The van der Waals surface area contributed by atoms with Crippen LogP contribution in [0.3, 0.4) is 0 Å². The topological polar surface area (TPSA) is 92.4 Å². The van der Waals surface area contributed by atoms with E-state index >= 15 is 0 Å². The summed E-state index contributed by atoms with van der Waals surface area (Å²) in [7, 11) is 0. The van der Waals surface area contributed by atoms with Crippen LogP contribution in [0, 0.1) is 13.8 Å². The number of hydrogen-bond donors (Lipinski definition) is 2. The second kappa shape index (κ2) is 5.11. The van der Waals surface area contributed by atoms with Gasteiger partial charge in [0.15, 0.2) is 0 Å². The van der Waals surface area contributed by atoms with Crippen LogP contribution in [0.15, 0.2) is 16.7 Å². The number of carboxylic acid groups (broad SMARTS) is 1. The third-order valence-corrected chi connectivity index (χ3v) is 2.00. The Labute approximate surface area is 91.9 Å². The van der Waals surface area contributed by atoms with Gasteiger partial charge in [-0.3, -0.25) is 4.79 Å². The molecule has 0 aliphatic heterocycles. The number of nitrogens with zero attached hydrogens (tertiary/aromatic N) is 1. The van der Waals surface area contributed by atoms with Gasteiger partial charge < -0.3 is 14.9 Å². The molecule has 0 aromatic carbocycles. The van der Waals surface area contributed by atoms with Gasteiger partial charge in [0, 0.05) is 24.3 Å². The highest BCUT2D eigenvalue weighted by Gasteiger charge is 2.09. The Morgan fingerprint density at radius 3 is 2.62 bits per heavy atom. The van der Waals surface area contributed by atoms with Crippen LogP contribution in [0.5, 0.6) is 0 Å². The van der Waals surface area contributed by atoms with Crippen molar-refractivity contribution in [3.05, 3.63) is 29.2 Å². The van der Waals surface area contributed by atoms with Crippen LogP contribution < -0.4 is 5.32 Å². The van der Waals surface area contributed by atoms with Gasteiger partial charge in [-0.15, -0.1) is 0 Å². The van der Waals surface area contributed by atoms with Gasteiger partial charge >= 0.3 is 5.97 Å². The highest BCUT2D eigenvalue weighted by molar-refractivity contribution is 5.93. The summed E-state index contributed by atoms with van der Waals surface area (Å²) in [5.74, 6) is -0.991. The van der Waals surface area contributed by atoms with Gasteiger partial charge in [0.25, 0.3) is 0 Å². The molecule has 0 saturated heterocycles. The van der Waals surface area contributed by atoms with Crippen molar-refractivity contribution in [2.75, 3.05) is 0 Å². The van der Waals surface area contributed by atoms with E-state index in [4.69, 9.17) is 9.63 Å². The number of hydrogen-bond acceptors (Lipinski definition) is 4. The van der Waals surface area contributed by atoms with Crippen LogP contribution in [0.25, 0.3) is 0 Å². The smallest absolute Gasteiger partial charge is 0.328 e. The summed E-state index contributed by atoms with van der Waals surface area (Å²) in [6, 6.07) is 0. The van der Waals surface area contributed by atoms with E-state index in [-0.39, 0.29) is 6.54 Å². The zero-order chi connectivity index (χ0) is 12.1. The highest BCUT2D eigenvalue weighted by atomic mass is 16.5. The van der Waals surface area contributed by atoms with Crippen LogP contribution in [0.1, 0.15) is 17.0 Å². The third-order valence-electron chi connectivity index (χ3n) is 2.00. The van der Waals surface area contributed by atoms with E-state index in [1.54, 1.807) is 13.8 Å². The number of carboxylic acids is 1. The minimum Gasteiger partial charge on any atom is -0.478 e. The molecule has 0 saturated carbocycles. The standard InChI is InChI=1S/C10H12N2O4/c1-6-8(7(2)16-12-6)5-11-9(13)3-4-10(14)15/h3-4H,5H2,1-2H3,(H,11,13)(H,14,15). The minimum atomic E-state index is -1.16. The average molecular weight is 224 g/mol. The van der Waals surface area contributed by atoms with Crippen molar-refractivity contribution >= 4 is 11.9 Å². The molecule has 86 valence electrons. The molecule has 6 heteroatoms. The lowest BCUT2D eigenvalue weighted by Crippen LogP contribution is -2.21. The molecule has 1 rings (SSSR count). The molecule has 16 heavy (non-hydrogen) atoms. The monoisotopic (exact) mass is 224 g/mol. The molecular formula is C10H12N2O4. The Bertz CT molecular complexity index is 415. The maximum Gasteiger partial charge on any atom is 0.328 e. The van der Waals surface area contributed by atoms with Crippen molar-refractivity contribution < 1.29 is 19.2 Å². The molecule has 6 nitrogen and oxygen atoms in total. The molecule has 0 spiro atoms. The number of aromatic nitrogens is 1. The molecule has 0 aliphatic rings. The Morgan fingerprint density at radius 1 is 1.44 bits per heavy atom. The van der Waals surface area contributed by atoms with E-state index in [1.807, 2.05) is 0 Å². The molecular weight excluding hydrogens is 212 g/mol. The van der Waals surface area contributed by atoms with Gasteiger partial charge in [-0.2, -0.15) is 0 Å². The van der Waals surface area contributed by atoms with Crippen molar-refractivity contribution in [1.29, 1.82) is 0 Å². The van der Waals surface area contributed by atoms with Gasteiger partial charge in [-0.25, -0.2) is 4.79 Å². The normalized spacial score (nSPS) is 10.6. The van der Waals surface area contributed by atoms with Crippen LogP contribution in [-0.4, -0.2) is 22.1 Å². The SMILES string of the molecule is Cc1noc(C)c1CNC(=O)C=CC(=O)O. The fourth-order valence-corrected chi connectivity index (χ4v) is 1.14. The average Bonchev–Trinajstić information content (AvgIpc) is 2.53. The zero-order valence-corrected chi connectivity index (χ0v) is 8.98. The molecule has 0 fully saturated rings. The van der Waals surface area contributed by atoms with E-state index < -0.39 is 11.9 Å². The molecule has 0 aliphatic carbocycles. The molecule has 0 unspecified atom stereocenters. The summed E-state index contributed by atoms with van der Waals surface area (Å²) in [5, 5.41) is 14.6. The molecule has 0 atom stereocenters. The van der Waals surface area contributed by atoms with Gasteiger partial charge in [0.2, 0.25) is 5.91 Å². The lowest BCUT2D eigenvalue weighted by atomic mass is 10.2. The first kappa shape index (κ1) is 12.0. The molecule has 1 aromatic rings. The number of nitrogens with one attached hydrogen (secondary N) is 1. The summed E-state index contributed by atoms with van der Waals surface area (Å²) >= 11 is 0. The van der Waals surface area contributed by atoms with Crippen molar-refractivity contribution in [2.24, 2.45) is 0 Å². The summed E-state index contributed by atoms with van der Waals surface area (Å²) < 4.78 is 4.91. The van der Waals surface area contributed by atoms with E-state index in [0.29, 0.717) is 11.5 Å². The first-order chi connectivity index (χ1) is 7.50. The van der Waals surface area contributed by atoms with Crippen LogP contribution in [0.2, 0.25) is 0 Å². The lowest BCUT2D eigenvalue weighted by molar-refractivity contribution is -0.131. The molecule has 2 N–H and O–H groups in total. The van der Waals surface area contributed by atoms with E-state index in [2.05, 4.69) is 10.5 Å². The first-order valence-corrected chi connectivity index (χ1v) is 4.61. The molecule has 1 heterocycles. The van der Waals surface area contributed by atoms with Crippen molar-refractivity contribution in [1.82, 2.24) is 10.5 Å². The van der Waals surface area contributed by atoms with Crippen molar-refractivity contribution in [3.8, 4) is 0 Å². The number of rotatable bonds is 4. The fourth-order valence-electron chi connectivity index (χ4n) is 1.14. The van der Waals surface area contributed by atoms with Crippen molar-refractivity contribution in [3.63, 3.8) is 0 Å². The first-order valence-electron chi connectivity index (χ1n) is 4.61. The summed E-state index contributed by atoms with van der Waals surface area (Å²) in [4.78, 5) is 21.3. The van der Waals surface area contributed by atoms with Crippen molar-refractivity contribution in [2.45, 2.75) is 20.4 Å². The van der Waals surface area contributed by atoms with Gasteiger partial charge in [-0.1, -0.05) is 5.16 Å². The molecule has 0 bridgehead atoms. The number of carbonyl (C=O) groups excluding carboxylic acids is 1. The van der Waals surface area contributed by atoms with E-state index in [9.17, 15) is 9.59 Å². The summed E-state index contributed by atoms with van der Waals surface area (Å²) in [5.41, 5.74) is 1.51. The Morgan fingerprint density at radius 2 is 2.12 bits per heavy atom. The summed E-state index contributed by atoms with van der Waals surface area (Å²) in [6.45, 7) is 3.78. The maximum absolute atomic E-state index is 11.2. The highest BCUT2D eigenvalue weighted by Crippen LogP contribution is 2.11. The minimum absolute atomic E-state index is 0.268. The van der Waals surface area contributed by atoms with Crippen LogP contribution in [-0.2, 0) is 16.1 Å². The Kier molecular flexibility index (Phi) is 3.82. The maximum atomic E-state index is 11.2. The number of aryl methyl sites for hydroxylation is 2. The van der Waals surface area contributed by atoms with Gasteiger partial charge in [0.05, 0.1) is 5.69 Å². The van der Waals surface area contributed by atoms with Gasteiger partial charge in [-0.05, 0) is 13.8 Å². The summed E-state index contributed by atoms with van der Waals surface area (Å²) in [6.07, 6.45) is 1.74. The van der Waals surface area contributed by atoms with Crippen LogP contribution >= 0.6 is 0 Å². The second-order valence-electron chi connectivity index (χ2n) is 3.19. The number of carbonyl (C=O) groups is 2. The van der Waals surface area contributed by atoms with E-state index in [1.165, 1.54) is 0 Å². The van der Waals surface area contributed by atoms with E-state index in [0.717, 1.165) is 17.7 Å². The predicted molar refractivity (Wildman–Crippen MR) is 54.6 cm³/mol. The number of amides is 1. The molecule has 0 radical (unpaired) electrons. The van der Waals surface area contributed by atoms with Crippen LogP contribution in [0.4, 0.5) is 0 Å². The second-order valence-corrected chi connectivity index (χ2v) is 3.19. The molecule has 1 amide bonds. The Balaban J connectivity index is 2.52.